The third-order valence-corrected chi connectivity index (χ3v) is 3.95. The van der Waals surface area contributed by atoms with Gasteiger partial charge in [0.1, 0.15) is 11.5 Å². The summed E-state index contributed by atoms with van der Waals surface area (Å²) < 4.78 is 10.7. The summed E-state index contributed by atoms with van der Waals surface area (Å²) >= 11 is 3.75. The first-order valence-electron chi connectivity index (χ1n) is 5.98. The fourth-order valence-corrected chi connectivity index (χ4v) is 2.73. The molecule has 0 aromatic heterocycles. The van der Waals surface area contributed by atoms with Crippen molar-refractivity contribution in [3.8, 4) is 11.5 Å². The first kappa shape index (κ1) is 14.4. The van der Waals surface area contributed by atoms with E-state index in [9.17, 15) is 0 Å². The molecule has 17 heavy (non-hydrogen) atoms. The molecule has 0 N–H and O–H groups in total. The van der Waals surface area contributed by atoms with Crippen LogP contribution in [0.1, 0.15) is 37.1 Å². The van der Waals surface area contributed by atoms with Crippen LogP contribution in [0.25, 0.3) is 0 Å². The Morgan fingerprint density at radius 1 is 1.24 bits per heavy atom. The van der Waals surface area contributed by atoms with Crippen LogP contribution in [0.2, 0.25) is 0 Å². The fraction of sp³-hybridized carbons (Fsp3) is 0.571. The number of rotatable bonds is 6. The molecule has 0 bridgehead atoms. The van der Waals surface area contributed by atoms with E-state index in [0.29, 0.717) is 10.7 Å². The summed E-state index contributed by atoms with van der Waals surface area (Å²) in [6, 6.07) is 5.92. The number of benzene rings is 1. The van der Waals surface area contributed by atoms with Crippen LogP contribution in [0.3, 0.4) is 0 Å². The van der Waals surface area contributed by atoms with E-state index in [2.05, 4.69) is 29.8 Å². The van der Waals surface area contributed by atoms with Crippen molar-refractivity contribution in [2.75, 3.05) is 14.2 Å². The molecule has 0 aliphatic heterocycles. The van der Waals surface area contributed by atoms with Crippen LogP contribution in [-0.2, 0) is 0 Å². The average Bonchev–Trinajstić information content (AvgIpc) is 2.37. The Hall–Kier alpha value is -0.700. The highest BCUT2D eigenvalue weighted by molar-refractivity contribution is 9.09. The minimum absolute atomic E-state index is 0.308. The lowest BCUT2D eigenvalue weighted by atomic mass is 9.98. The Labute approximate surface area is 112 Å². The maximum absolute atomic E-state index is 5.40. The average molecular weight is 301 g/mol. The number of ether oxygens (including phenoxy) is 2. The highest BCUT2D eigenvalue weighted by Crippen LogP contribution is 2.38. The zero-order valence-electron chi connectivity index (χ0n) is 11.0. The van der Waals surface area contributed by atoms with Gasteiger partial charge in [-0.15, -0.1) is 0 Å². The van der Waals surface area contributed by atoms with E-state index in [1.54, 1.807) is 14.2 Å². The van der Waals surface area contributed by atoms with Crippen molar-refractivity contribution in [3.63, 3.8) is 0 Å². The lowest BCUT2D eigenvalue weighted by Crippen LogP contribution is -2.01. The van der Waals surface area contributed by atoms with Gasteiger partial charge in [0.15, 0.2) is 0 Å². The van der Waals surface area contributed by atoms with Crippen molar-refractivity contribution in [1.82, 2.24) is 0 Å². The Balaban J connectivity index is 2.92. The number of hydrogen-bond acceptors (Lipinski definition) is 2. The van der Waals surface area contributed by atoms with E-state index < -0.39 is 0 Å². The van der Waals surface area contributed by atoms with Crippen LogP contribution in [0.15, 0.2) is 18.2 Å². The molecule has 0 fully saturated rings. The van der Waals surface area contributed by atoms with E-state index in [1.807, 2.05) is 18.2 Å². The molecule has 2 atom stereocenters. The summed E-state index contributed by atoms with van der Waals surface area (Å²) in [5.74, 6) is 2.47. The predicted molar refractivity (Wildman–Crippen MR) is 75.3 cm³/mol. The fourth-order valence-electron chi connectivity index (χ4n) is 1.73. The molecule has 1 rings (SSSR count). The molecule has 0 aliphatic rings. The molecule has 0 spiro atoms. The van der Waals surface area contributed by atoms with Crippen molar-refractivity contribution >= 4 is 15.9 Å². The van der Waals surface area contributed by atoms with E-state index in [0.717, 1.165) is 23.5 Å². The first-order chi connectivity index (χ1) is 8.12. The Bertz CT molecular complexity index is 352. The second-order valence-electron chi connectivity index (χ2n) is 4.32. The Kier molecular flexibility index (Phi) is 5.83. The van der Waals surface area contributed by atoms with Gasteiger partial charge in [-0.1, -0.05) is 36.2 Å². The maximum Gasteiger partial charge on any atom is 0.123 e. The zero-order chi connectivity index (χ0) is 12.8. The van der Waals surface area contributed by atoms with Crippen molar-refractivity contribution < 1.29 is 9.47 Å². The highest BCUT2D eigenvalue weighted by atomic mass is 79.9. The molecule has 96 valence electrons. The first-order valence-corrected chi connectivity index (χ1v) is 6.89. The molecule has 3 heteroatoms. The lowest BCUT2D eigenvalue weighted by Gasteiger charge is -2.18. The van der Waals surface area contributed by atoms with Crippen LogP contribution in [0.4, 0.5) is 0 Å². The molecule has 1 aromatic rings. The molecule has 0 amide bonds. The summed E-state index contributed by atoms with van der Waals surface area (Å²) in [5, 5.41) is 0. The van der Waals surface area contributed by atoms with Gasteiger partial charge < -0.3 is 9.47 Å². The third kappa shape index (κ3) is 3.91. The van der Waals surface area contributed by atoms with Crippen LogP contribution in [-0.4, -0.2) is 14.2 Å². The molecule has 2 nitrogen and oxygen atoms in total. The summed E-state index contributed by atoms with van der Waals surface area (Å²) in [7, 11) is 3.39. The normalized spacial score (nSPS) is 14.2. The van der Waals surface area contributed by atoms with Crippen LogP contribution in [0.5, 0.6) is 11.5 Å². The van der Waals surface area contributed by atoms with Crippen molar-refractivity contribution in [2.24, 2.45) is 5.92 Å². The van der Waals surface area contributed by atoms with Gasteiger partial charge in [-0.2, -0.15) is 0 Å². The number of halogens is 1. The van der Waals surface area contributed by atoms with E-state index in [1.165, 1.54) is 6.42 Å². The monoisotopic (exact) mass is 300 g/mol. The van der Waals surface area contributed by atoms with Gasteiger partial charge in [0.2, 0.25) is 0 Å². The van der Waals surface area contributed by atoms with Gasteiger partial charge in [-0.3, -0.25) is 0 Å². The Morgan fingerprint density at radius 3 is 2.47 bits per heavy atom. The van der Waals surface area contributed by atoms with Crippen LogP contribution < -0.4 is 9.47 Å². The largest absolute Gasteiger partial charge is 0.497 e. The maximum atomic E-state index is 5.40. The molecule has 1 aromatic carbocycles. The quantitative estimate of drug-likeness (QED) is 0.716. The molecule has 0 aliphatic carbocycles. The van der Waals surface area contributed by atoms with Gasteiger partial charge >= 0.3 is 0 Å². The molecule has 0 saturated heterocycles. The minimum Gasteiger partial charge on any atom is -0.497 e. The van der Waals surface area contributed by atoms with Crippen LogP contribution >= 0.6 is 15.9 Å². The molecule has 0 radical (unpaired) electrons. The second kappa shape index (κ2) is 6.90. The Morgan fingerprint density at radius 2 is 1.94 bits per heavy atom. The molecular weight excluding hydrogens is 280 g/mol. The van der Waals surface area contributed by atoms with E-state index >= 15 is 0 Å². The third-order valence-electron chi connectivity index (χ3n) is 3.08. The van der Waals surface area contributed by atoms with Crippen molar-refractivity contribution in [2.45, 2.75) is 31.5 Å². The van der Waals surface area contributed by atoms with Crippen LogP contribution in [0, 0.1) is 5.92 Å². The van der Waals surface area contributed by atoms with E-state index in [-0.39, 0.29) is 0 Å². The standard InChI is InChI=1S/C14H21BrO2/c1-5-10(2)8-13(15)12-9-11(16-3)6-7-14(12)17-4/h6-7,9-10,13H,5,8H2,1-4H3. The summed E-state index contributed by atoms with van der Waals surface area (Å²) in [6.45, 7) is 4.48. The number of methoxy groups -OCH3 is 2. The minimum atomic E-state index is 0.308. The van der Waals surface area contributed by atoms with Crippen molar-refractivity contribution in [1.29, 1.82) is 0 Å². The van der Waals surface area contributed by atoms with Gasteiger partial charge in [-0.25, -0.2) is 0 Å². The molecular formula is C14H21BrO2. The zero-order valence-corrected chi connectivity index (χ0v) is 12.6. The second-order valence-corrected chi connectivity index (χ2v) is 5.43. The SMILES string of the molecule is CCC(C)CC(Br)c1cc(OC)ccc1OC. The topological polar surface area (TPSA) is 18.5 Å². The van der Waals surface area contributed by atoms with Crippen molar-refractivity contribution in [3.05, 3.63) is 23.8 Å². The van der Waals surface area contributed by atoms with E-state index in [4.69, 9.17) is 9.47 Å². The highest BCUT2D eigenvalue weighted by Gasteiger charge is 2.16. The number of alkyl halides is 1. The smallest absolute Gasteiger partial charge is 0.123 e. The summed E-state index contributed by atoms with van der Waals surface area (Å²) in [4.78, 5) is 0.308. The predicted octanol–water partition coefficient (Wildman–Crippen LogP) is 4.58. The summed E-state index contributed by atoms with van der Waals surface area (Å²) in [5.41, 5.74) is 1.16. The lowest BCUT2D eigenvalue weighted by molar-refractivity contribution is 0.395. The van der Waals surface area contributed by atoms with Gasteiger partial charge in [0, 0.05) is 10.4 Å². The molecule has 0 heterocycles. The summed E-state index contributed by atoms with van der Waals surface area (Å²) in [6.07, 6.45) is 2.29. The number of hydrogen-bond donors (Lipinski definition) is 0. The van der Waals surface area contributed by atoms with Gasteiger partial charge in [0.25, 0.3) is 0 Å². The molecule has 0 saturated carbocycles. The van der Waals surface area contributed by atoms with Gasteiger partial charge in [0.05, 0.1) is 14.2 Å². The molecule has 2 unspecified atom stereocenters. The van der Waals surface area contributed by atoms with Gasteiger partial charge in [-0.05, 0) is 30.5 Å².